The van der Waals surface area contributed by atoms with Gasteiger partial charge < -0.3 is 27.0 Å². The van der Waals surface area contributed by atoms with Crippen LogP contribution >= 0.6 is 0 Å². The van der Waals surface area contributed by atoms with E-state index in [1.54, 1.807) is 6.07 Å². The lowest BCUT2D eigenvalue weighted by molar-refractivity contribution is -0.111. The van der Waals surface area contributed by atoms with E-state index in [2.05, 4.69) is 10.4 Å². The van der Waals surface area contributed by atoms with Gasteiger partial charge in [-0.25, -0.2) is 4.68 Å². The minimum absolute atomic E-state index is 0.0551. The van der Waals surface area contributed by atoms with Gasteiger partial charge in [-0.3, -0.25) is 4.79 Å². The minimum Gasteiger partial charge on any atom is -0.508 e. The zero-order chi connectivity index (χ0) is 16.1. The Labute approximate surface area is 126 Å². The number of aliphatic hydroxyl groups excluding tert-OH is 1. The summed E-state index contributed by atoms with van der Waals surface area (Å²) in [7, 11) is 0. The van der Waals surface area contributed by atoms with Gasteiger partial charge in [0.15, 0.2) is 5.82 Å². The normalized spacial score (nSPS) is 11.0. The van der Waals surface area contributed by atoms with Gasteiger partial charge in [-0.2, -0.15) is 5.10 Å². The SMILES string of the molecule is Nc1ccc(O)cc1/C=C/C(=O)Nc1c(N)cnn1CCO. The van der Waals surface area contributed by atoms with E-state index in [9.17, 15) is 9.90 Å². The van der Waals surface area contributed by atoms with Crippen molar-refractivity contribution >= 4 is 29.2 Å². The number of phenolic OH excluding ortho intramolecular Hbond substituents is 1. The highest BCUT2D eigenvalue weighted by molar-refractivity contribution is 6.03. The van der Waals surface area contributed by atoms with Crippen LogP contribution in [0, 0.1) is 0 Å². The predicted molar refractivity (Wildman–Crippen MR) is 83.9 cm³/mol. The molecule has 0 radical (unpaired) electrons. The number of carbonyl (C=O) groups is 1. The van der Waals surface area contributed by atoms with Crippen molar-refractivity contribution in [2.24, 2.45) is 0 Å². The zero-order valence-electron chi connectivity index (χ0n) is 11.7. The summed E-state index contributed by atoms with van der Waals surface area (Å²) in [5, 5.41) is 24.9. The maximum absolute atomic E-state index is 11.9. The highest BCUT2D eigenvalue weighted by Crippen LogP contribution is 2.20. The van der Waals surface area contributed by atoms with Crippen molar-refractivity contribution in [1.29, 1.82) is 0 Å². The highest BCUT2D eigenvalue weighted by Gasteiger charge is 2.10. The Morgan fingerprint density at radius 2 is 2.14 bits per heavy atom. The minimum atomic E-state index is -0.436. The molecule has 2 aromatic rings. The summed E-state index contributed by atoms with van der Waals surface area (Å²) in [6, 6.07) is 4.45. The largest absolute Gasteiger partial charge is 0.508 e. The van der Waals surface area contributed by atoms with Crippen LogP contribution in [0.2, 0.25) is 0 Å². The van der Waals surface area contributed by atoms with Crippen molar-refractivity contribution in [2.45, 2.75) is 6.54 Å². The van der Waals surface area contributed by atoms with Crippen molar-refractivity contribution < 1.29 is 15.0 Å². The summed E-state index contributed by atoms with van der Waals surface area (Å²) in [4.78, 5) is 11.9. The van der Waals surface area contributed by atoms with Crippen LogP contribution in [0.5, 0.6) is 5.75 Å². The molecule has 0 fully saturated rings. The van der Waals surface area contributed by atoms with Crippen LogP contribution in [0.25, 0.3) is 6.08 Å². The van der Waals surface area contributed by atoms with Crippen LogP contribution in [0.3, 0.4) is 0 Å². The Balaban J connectivity index is 2.11. The number of aliphatic hydroxyl groups is 1. The molecule has 1 aromatic carbocycles. The molecule has 0 aliphatic rings. The van der Waals surface area contributed by atoms with Crippen molar-refractivity contribution in [3.8, 4) is 5.75 Å². The van der Waals surface area contributed by atoms with Crippen LogP contribution in [0.4, 0.5) is 17.2 Å². The first kappa shape index (κ1) is 15.4. The van der Waals surface area contributed by atoms with Crippen LogP contribution in [0.15, 0.2) is 30.5 Å². The molecule has 0 saturated carbocycles. The highest BCUT2D eigenvalue weighted by atomic mass is 16.3. The monoisotopic (exact) mass is 303 g/mol. The Morgan fingerprint density at radius 1 is 1.36 bits per heavy atom. The van der Waals surface area contributed by atoms with E-state index >= 15 is 0 Å². The molecular formula is C14H17N5O3. The van der Waals surface area contributed by atoms with Gasteiger partial charge in [-0.15, -0.1) is 0 Å². The number of hydrogen-bond donors (Lipinski definition) is 5. The van der Waals surface area contributed by atoms with E-state index in [0.29, 0.717) is 22.8 Å². The number of anilines is 3. The summed E-state index contributed by atoms with van der Waals surface area (Å²) in [5.74, 6) is -0.0683. The lowest BCUT2D eigenvalue weighted by atomic mass is 10.1. The summed E-state index contributed by atoms with van der Waals surface area (Å²) in [6.07, 6.45) is 4.14. The molecule has 0 aliphatic carbocycles. The van der Waals surface area contributed by atoms with Gasteiger partial charge in [0.1, 0.15) is 5.75 Å². The van der Waals surface area contributed by atoms with Gasteiger partial charge in [-0.05, 0) is 24.3 Å². The van der Waals surface area contributed by atoms with Gasteiger partial charge in [0.2, 0.25) is 5.91 Å². The van der Waals surface area contributed by atoms with E-state index in [0.717, 1.165) is 0 Å². The number of nitrogens with zero attached hydrogens (tertiary/aromatic N) is 2. The molecular weight excluding hydrogens is 286 g/mol. The van der Waals surface area contributed by atoms with E-state index < -0.39 is 5.91 Å². The first-order chi connectivity index (χ1) is 10.5. The molecule has 1 amide bonds. The lowest BCUT2D eigenvalue weighted by Crippen LogP contribution is -2.15. The summed E-state index contributed by atoms with van der Waals surface area (Å²) in [5.41, 5.74) is 12.7. The maximum atomic E-state index is 11.9. The lowest BCUT2D eigenvalue weighted by Gasteiger charge is -2.07. The quantitative estimate of drug-likeness (QED) is 0.308. The first-order valence-corrected chi connectivity index (χ1v) is 6.51. The molecule has 0 saturated heterocycles. The fourth-order valence-electron chi connectivity index (χ4n) is 1.83. The number of aromatic nitrogens is 2. The van der Waals surface area contributed by atoms with Crippen molar-refractivity contribution in [1.82, 2.24) is 9.78 Å². The number of rotatable bonds is 5. The standard InChI is InChI=1S/C14H17N5O3/c15-11-3-2-10(21)7-9(11)1-4-13(22)18-14-12(16)8-17-19(14)5-6-20/h1-4,7-8,20-21H,5-6,15-16H2,(H,18,22)/b4-1+. The third-order valence-corrected chi connectivity index (χ3v) is 2.91. The maximum Gasteiger partial charge on any atom is 0.249 e. The fourth-order valence-corrected chi connectivity index (χ4v) is 1.83. The van der Waals surface area contributed by atoms with Crippen molar-refractivity contribution in [2.75, 3.05) is 23.4 Å². The van der Waals surface area contributed by atoms with Gasteiger partial charge in [0, 0.05) is 17.3 Å². The number of nitrogens with one attached hydrogen (secondary N) is 1. The third kappa shape index (κ3) is 3.55. The number of benzene rings is 1. The second-order valence-corrected chi connectivity index (χ2v) is 4.53. The molecule has 0 unspecified atom stereocenters. The van der Waals surface area contributed by atoms with Gasteiger partial charge in [0.25, 0.3) is 0 Å². The number of carbonyl (C=O) groups excluding carboxylic acids is 1. The zero-order valence-corrected chi connectivity index (χ0v) is 11.7. The topological polar surface area (TPSA) is 139 Å². The van der Waals surface area contributed by atoms with Gasteiger partial charge in [-0.1, -0.05) is 0 Å². The third-order valence-electron chi connectivity index (χ3n) is 2.91. The number of hydrogen-bond acceptors (Lipinski definition) is 6. The van der Waals surface area contributed by atoms with Crippen LogP contribution < -0.4 is 16.8 Å². The first-order valence-electron chi connectivity index (χ1n) is 6.51. The van der Waals surface area contributed by atoms with Crippen molar-refractivity contribution in [3.05, 3.63) is 36.0 Å². The Morgan fingerprint density at radius 3 is 2.86 bits per heavy atom. The summed E-state index contributed by atoms with van der Waals surface area (Å²) >= 11 is 0. The van der Waals surface area contributed by atoms with Crippen molar-refractivity contribution in [3.63, 3.8) is 0 Å². The molecule has 8 heteroatoms. The van der Waals surface area contributed by atoms with Gasteiger partial charge >= 0.3 is 0 Å². The van der Waals surface area contributed by atoms with E-state index in [1.807, 2.05) is 0 Å². The summed E-state index contributed by atoms with van der Waals surface area (Å²) in [6.45, 7) is 0.0929. The molecule has 1 heterocycles. The molecule has 0 spiro atoms. The Hall–Kier alpha value is -3.00. The van der Waals surface area contributed by atoms with E-state index in [1.165, 1.54) is 35.2 Å². The van der Waals surface area contributed by atoms with Crippen LogP contribution in [0.1, 0.15) is 5.56 Å². The molecule has 0 bridgehead atoms. The smallest absolute Gasteiger partial charge is 0.249 e. The average molecular weight is 303 g/mol. The molecule has 7 N–H and O–H groups in total. The molecule has 116 valence electrons. The molecule has 0 aliphatic heterocycles. The molecule has 0 atom stereocenters. The molecule has 22 heavy (non-hydrogen) atoms. The number of aromatic hydroxyl groups is 1. The number of nitrogens with two attached hydrogens (primary N) is 2. The Bertz CT molecular complexity index is 708. The number of amides is 1. The van der Waals surface area contributed by atoms with E-state index in [-0.39, 0.29) is 18.9 Å². The number of phenols is 1. The van der Waals surface area contributed by atoms with Crippen LogP contribution in [-0.2, 0) is 11.3 Å². The number of nitrogen functional groups attached to an aromatic ring is 2. The second-order valence-electron chi connectivity index (χ2n) is 4.53. The molecule has 2 rings (SSSR count). The summed E-state index contributed by atoms with van der Waals surface area (Å²) < 4.78 is 1.39. The molecule has 8 nitrogen and oxygen atoms in total. The Kier molecular flexibility index (Phi) is 4.64. The molecule has 1 aromatic heterocycles. The van der Waals surface area contributed by atoms with E-state index in [4.69, 9.17) is 16.6 Å². The predicted octanol–water partition coefficient (Wildman–Crippen LogP) is 0.397. The van der Waals surface area contributed by atoms with Crippen LogP contribution in [-0.4, -0.2) is 32.5 Å². The van der Waals surface area contributed by atoms with Gasteiger partial charge in [0.05, 0.1) is 25.0 Å². The second kappa shape index (κ2) is 6.64. The average Bonchev–Trinajstić information content (AvgIpc) is 2.82. The fraction of sp³-hybridized carbons (Fsp3) is 0.143.